The number of hydrogen-bond acceptors (Lipinski definition) is 9. The summed E-state index contributed by atoms with van der Waals surface area (Å²) in [5, 5.41) is 22.4. The summed E-state index contributed by atoms with van der Waals surface area (Å²) in [4.78, 5) is 8.56. The van der Waals surface area contributed by atoms with Crippen molar-refractivity contribution in [3.05, 3.63) is 46.5 Å². The number of thioether (sulfide) groups is 1. The summed E-state index contributed by atoms with van der Waals surface area (Å²) >= 11 is 2.71. The molecule has 0 aliphatic heterocycles. The molecule has 0 saturated heterocycles. The van der Waals surface area contributed by atoms with Crippen molar-refractivity contribution in [2.75, 3.05) is 11.5 Å². The molecule has 4 N–H and O–H groups in total. The molecular weight excluding hydrogens is 428 g/mol. The highest BCUT2D eigenvalue weighted by Crippen LogP contribution is 2.37. The molecule has 1 aliphatic carbocycles. The molecule has 0 amide bonds. The van der Waals surface area contributed by atoms with E-state index in [1.54, 1.807) is 0 Å². The Morgan fingerprint density at radius 3 is 2.39 bits per heavy atom. The lowest BCUT2D eigenvalue weighted by Crippen LogP contribution is -2.10. The van der Waals surface area contributed by atoms with E-state index >= 15 is 0 Å². The molecule has 7 nitrogen and oxygen atoms in total. The second kappa shape index (κ2) is 9.25. The molecule has 1 aromatic carbocycles. The molecule has 156 valence electrons. The Bertz CT molecular complexity index is 1170. The van der Waals surface area contributed by atoms with Crippen LogP contribution in [0, 0.1) is 22.7 Å². The van der Waals surface area contributed by atoms with Crippen LogP contribution in [0.4, 0.5) is 10.9 Å². The number of ether oxygens (including phenoxy) is 1. The highest BCUT2D eigenvalue weighted by atomic mass is 32.2. The summed E-state index contributed by atoms with van der Waals surface area (Å²) in [6.45, 7) is 0. The molecular formula is C22H20N6OS2. The van der Waals surface area contributed by atoms with Crippen molar-refractivity contribution in [1.29, 1.82) is 10.5 Å². The standard InChI is InChI=1S/C22H20N6OS2/c23-9-17-19(13-5-7-16(8-6-13)29-15-3-1-2-4-15)18(10-24)21(28-20(17)25)30-11-14-12-31-22(26)27-14/h5-8,12,15H,1-4,11H2,(H2,25,28)(H2,26,27). The third-order valence-corrected chi connectivity index (χ3v) is 6.82. The molecule has 2 heterocycles. The van der Waals surface area contributed by atoms with Gasteiger partial charge in [0.1, 0.15) is 34.3 Å². The van der Waals surface area contributed by atoms with Crippen molar-refractivity contribution in [3.63, 3.8) is 0 Å². The van der Waals surface area contributed by atoms with Crippen LogP contribution < -0.4 is 16.2 Å². The molecule has 31 heavy (non-hydrogen) atoms. The number of anilines is 2. The minimum absolute atomic E-state index is 0.100. The van der Waals surface area contributed by atoms with Crippen LogP contribution in [0.5, 0.6) is 5.75 Å². The van der Waals surface area contributed by atoms with Gasteiger partial charge in [-0.3, -0.25) is 0 Å². The molecule has 1 fully saturated rings. The van der Waals surface area contributed by atoms with Crippen molar-refractivity contribution in [2.45, 2.75) is 42.6 Å². The predicted octanol–water partition coefficient (Wildman–Crippen LogP) is 4.73. The smallest absolute Gasteiger partial charge is 0.180 e. The fourth-order valence-electron chi connectivity index (χ4n) is 3.62. The molecule has 9 heteroatoms. The second-order valence-electron chi connectivity index (χ2n) is 7.17. The number of nitrogens with zero attached hydrogens (tertiary/aromatic N) is 4. The first-order valence-electron chi connectivity index (χ1n) is 9.82. The van der Waals surface area contributed by atoms with Gasteiger partial charge in [0.15, 0.2) is 5.13 Å². The molecule has 0 atom stereocenters. The Hall–Kier alpha value is -3.27. The maximum Gasteiger partial charge on any atom is 0.180 e. The summed E-state index contributed by atoms with van der Waals surface area (Å²) in [6.07, 6.45) is 4.80. The van der Waals surface area contributed by atoms with E-state index in [1.165, 1.54) is 35.9 Å². The number of nitrogen functional groups attached to an aromatic ring is 2. The number of thiazole rings is 1. The molecule has 3 aromatic rings. The van der Waals surface area contributed by atoms with Crippen molar-refractivity contribution in [2.24, 2.45) is 0 Å². The van der Waals surface area contributed by atoms with Gasteiger partial charge in [-0.25, -0.2) is 9.97 Å². The van der Waals surface area contributed by atoms with Crippen LogP contribution in [0.2, 0.25) is 0 Å². The Morgan fingerprint density at radius 2 is 1.77 bits per heavy atom. The highest BCUT2D eigenvalue weighted by molar-refractivity contribution is 7.98. The summed E-state index contributed by atoms with van der Waals surface area (Å²) < 4.78 is 6.03. The van der Waals surface area contributed by atoms with Gasteiger partial charge in [-0.1, -0.05) is 23.9 Å². The number of nitriles is 2. The van der Waals surface area contributed by atoms with E-state index in [2.05, 4.69) is 22.1 Å². The van der Waals surface area contributed by atoms with Crippen molar-refractivity contribution < 1.29 is 4.74 Å². The summed E-state index contributed by atoms with van der Waals surface area (Å²) in [5.74, 6) is 1.38. The van der Waals surface area contributed by atoms with Gasteiger partial charge < -0.3 is 16.2 Å². The molecule has 0 bridgehead atoms. The van der Waals surface area contributed by atoms with Gasteiger partial charge in [0, 0.05) is 16.7 Å². The number of benzene rings is 1. The lowest BCUT2D eigenvalue weighted by atomic mass is 9.97. The Morgan fingerprint density at radius 1 is 1.06 bits per heavy atom. The quantitative estimate of drug-likeness (QED) is 0.517. The van der Waals surface area contributed by atoms with Crippen molar-refractivity contribution >= 4 is 34.0 Å². The Kier molecular flexibility index (Phi) is 6.26. The van der Waals surface area contributed by atoms with E-state index in [1.807, 2.05) is 29.6 Å². The second-order valence-corrected chi connectivity index (χ2v) is 9.02. The van der Waals surface area contributed by atoms with Crippen LogP contribution in [0.1, 0.15) is 42.5 Å². The summed E-state index contributed by atoms with van der Waals surface area (Å²) in [7, 11) is 0. The minimum Gasteiger partial charge on any atom is -0.490 e. The third-order valence-electron chi connectivity index (χ3n) is 5.09. The van der Waals surface area contributed by atoms with E-state index in [-0.39, 0.29) is 17.5 Å². The van der Waals surface area contributed by atoms with E-state index in [0.29, 0.717) is 27.0 Å². The monoisotopic (exact) mass is 448 g/mol. The van der Waals surface area contributed by atoms with Gasteiger partial charge in [-0.05, 0) is 43.4 Å². The zero-order valence-corrected chi connectivity index (χ0v) is 18.3. The van der Waals surface area contributed by atoms with Gasteiger partial charge in [-0.15, -0.1) is 11.3 Å². The third kappa shape index (κ3) is 4.58. The first-order chi connectivity index (χ1) is 15.1. The number of hydrogen-bond donors (Lipinski definition) is 2. The molecule has 1 saturated carbocycles. The van der Waals surface area contributed by atoms with Crippen LogP contribution >= 0.6 is 23.1 Å². The molecule has 0 spiro atoms. The van der Waals surface area contributed by atoms with E-state index in [4.69, 9.17) is 16.2 Å². The normalized spacial score (nSPS) is 13.6. The molecule has 0 radical (unpaired) electrons. The van der Waals surface area contributed by atoms with Crippen LogP contribution in [-0.4, -0.2) is 16.1 Å². The lowest BCUT2D eigenvalue weighted by molar-refractivity contribution is 0.210. The zero-order chi connectivity index (χ0) is 21.8. The predicted molar refractivity (Wildman–Crippen MR) is 122 cm³/mol. The van der Waals surface area contributed by atoms with Gasteiger partial charge in [0.2, 0.25) is 0 Å². The zero-order valence-electron chi connectivity index (χ0n) is 16.7. The SMILES string of the molecule is N#Cc1c(N)nc(SCc2csc(N)n2)c(C#N)c1-c1ccc(OC2CCCC2)cc1. The van der Waals surface area contributed by atoms with Crippen LogP contribution in [0.25, 0.3) is 11.1 Å². The molecule has 4 rings (SSSR count). The largest absolute Gasteiger partial charge is 0.490 e. The molecule has 2 aromatic heterocycles. The van der Waals surface area contributed by atoms with Crippen molar-refractivity contribution in [1.82, 2.24) is 9.97 Å². The van der Waals surface area contributed by atoms with Crippen LogP contribution in [0.15, 0.2) is 34.7 Å². The Labute approximate surface area is 188 Å². The van der Waals surface area contributed by atoms with Gasteiger partial charge >= 0.3 is 0 Å². The summed E-state index contributed by atoms with van der Waals surface area (Å²) in [5.41, 5.74) is 14.3. The maximum absolute atomic E-state index is 9.91. The van der Waals surface area contributed by atoms with Crippen LogP contribution in [-0.2, 0) is 5.75 Å². The van der Waals surface area contributed by atoms with Crippen LogP contribution in [0.3, 0.4) is 0 Å². The number of nitrogens with two attached hydrogens (primary N) is 2. The lowest BCUT2D eigenvalue weighted by Gasteiger charge is -2.15. The van der Waals surface area contributed by atoms with E-state index in [0.717, 1.165) is 29.8 Å². The van der Waals surface area contributed by atoms with Crippen molar-refractivity contribution in [3.8, 4) is 29.0 Å². The maximum atomic E-state index is 9.91. The summed E-state index contributed by atoms with van der Waals surface area (Å²) in [6, 6.07) is 11.8. The number of aromatic nitrogens is 2. The van der Waals surface area contributed by atoms with E-state index in [9.17, 15) is 10.5 Å². The van der Waals surface area contributed by atoms with E-state index < -0.39 is 0 Å². The number of rotatable bonds is 6. The molecule has 0 unspecified atom stereocenters. The first-order valence-corrected chi connectivity index (χ1v) is 11.7. The number of pyridine rings is 1. The highest BCUT2D eigenvalue weighted by Gasteiger charge is 2.21. The first kappa shape index (κ1) is 21.0. The average Bonchev–Trinajstić information content (AvgIpc) is 3.44. The Balaban J connectivity index is 1.67. The topological polar surface area (TPSA) is 135 Å². The van der Waals surface area contributed by atoms with Gasteiger partial charge in [0.05, 0.1) is 17.4 Å². The fraction of sp³-hybridized carbons (Fsp3) is 0.273. The van der Waals surface area contributed by atoms with Gasteiger partial charge in [-0.2, -0.15) is 10.5 Å². The fourth-order valence-corrected chi connectivity index (χ4v) is 5.18. The molecule has 1 aliphatic rings. The minimum atomic E-state index is 0.100. The average molecular weight is 449 g/mol. The van der Waals surface area contributed by atoms with Gasteiger partial charge in [0.25, 0.3) is 0 Å².